The molecular weight excluding hydrogens is 402 g/mol. The van der Waals surface area contributed by atoms with E-state index < -0.39 is 6.10 Å². The normalized spacial score (nSPS) is 22.9. The lowest BCUT2D eigenvalue weighted by atomic mass is 10.1. The molecule has 0 aromatic heterocycles. The van der Waals surface area contributed by atoms with Crippen LogP contribution in [0.2, 0.25) is 5.02 Å². The summed E-state index contributed by atoms with van der Waals surface area (Å²) in [5.41, 5.74) is 2.21. The van der Waals surface area contributed by atoms with Crippen LogP contribution in [0.3, 0.4) is 0 Å². The molecule has 2 aromatic rings. The second-order valence-electron chi connectivity index (χ2n) is 8.02. The lowest BCUT2D eigenvalue weighted by Gasteiger charge is -2.38. The first-order chi connectivity index (χ1) is 14.6. The molecule has 7 heteroatoms. The topological polar surface area (TPSA) is 56.2 Å². The highest BCUT2D eigenvalue weighted by molar-refractivity contribution is 6.30. The first-order valence-corrected chi connectivity index (χ1v) is 10.8. The van der Waals surface area contributed by atoms with Gasteiger partial charge in [-0.05, 0) is 23.3 Å². The standard InChI is InChI=1S/C23H28ClN3O3/c24-20-8-6-18(7-9-20)14-25-10-12-26(13-11-25)21-15-27(16-22(21)28)23(29)30-17-19-4-2-1-3-5-19/h1-9,21-22,28H,10-17H2/t21-,22-/m1/s1. The molecule has 2 aromatic carbocycles. The average Bonchev–Trinajstić information content (AvgIpc) is 3.17. The Morgan fingerprint density at radius 1 is 0.967 bits per heavy atom. The smallest absolute Gasteiger partial charge is 0.410 e. The molecule has 4 rings (SSSR count). The molecule has 0 unspecified atom stereocenters. The minimum Gasteiger partial charge on any atom is -0.445 e. The molecule has 1 amide bonds. The molecule has 2 aliphatic heterocycles. The molecular formula is C23H28ClN3O3. The monoisotopic (exact) mass is 429 g/mol. The van der Waals surface area contributed by atoms with Crippen molar-refractivity contribution in [3.63, 3.8) is 0 Å². The summed E-state index contributed by atoms with van der Waals surface area (Å²) < 4.78 is 5.43. The fourth-order valence-corrected chi connectivity index (χ4v) is 4.32. The van der Waals surface area contributed by atoms with Gasteiger partial charge in [0, 0.05) is 44.3 Å². The third kappa shape index (κ3) is 5.32. The number of hydrogen-bond acceptors (Lipinski definition) is 5. The van der Waals surface area contributed by atoms with E-state index in [1.54, 1.807) is 4.90 Å². The van der Waals surface area contributed by atoms with Crippen molar-refractivity contribution in [3.8, 4) is 0 Å². The predicted molar refractivity (Wildman–Crippen MR) is 116 cm³/mol. The van der Waals surface area contributed by atoms with E-state index in [1.165, 1.54) is 5.56 Å². The van der Waals surface area contributed by atoms with Crippen molar-refractivity contribution in [2.45, 2.75) is 25.3 Å². The Morgan fingerprint density at radius 2 is 1.67 bits per heavy atom. The van der Waals surface area contributed by atoms with Crippen LogP contribution in [-0.2, 0) is 17.9 Å². The molecule has 2 aliphatic rings. The molecule has 6 nitrogen and oxygen atoms in total. The fourth-order valence-electron chi connectivity index (χ4n) is 4.19. The van der Waals surface area contributed by atoms with E-state index >= 15 is 0 Å². The Hall–Kier alpha value is -2.12. The van der Waals surface area contributed by atoms with Gasteiger partial charge in [0.1, 0.15) is 6.61 Å². The summed E-state index contributed by atoms with van der Waals surface area (Å²) in [4.78, 5) is 18.8. The zero-order valence-electron chi connectivity index (χ0n) is 17.0. The summed E-state index contributed by atoms with van der Waals surface area (Å²) in [7, 11) is 0. The highest BCUT2D eigenvalue weighted by atomic mass is 35.5. The van der Waals surface area contributed by atoms with Crippen LogP contribution in [0.15, 0.2) is 54.6 Å². The molecule has 0 bridgehead atoms. The Kier molecular flexibility index (Phi) is 6.89. The lowest BCUT2D eigenvalue weighted by molar-refractivity contribution is 0.0423. The second-order valence-corrected chi connectivity index (χ2v) is 8.45. The Balaban J connectivity index is 1.24. The first-order valence-electron chi connectivity index (χ1n) is 10.4. The molecule has 160 valence electrons. The number of amides is 1. The Bertz CT molecular complexity index is 825. The zero-order valence-corrected chi connectivity index (χ0v) is 17.7. The molecule has 0 aliphatic carbocycles. The van der Waals surface area contributed by atoms with Gasteiger partial charge in [-0.25, -0.2) is 4.79 Å². The van der Waals surface area contributed by atoms with Gasteiger partial charge in [0.15, 0.2) is 0 Å². The number of β-amino-alcohol motifs (C(OH)–C–C–N with tert-alkyl or cyclic N) is 1. The maximum absolute atomic E-state index is 12.4. The van der Waals surface area contributed by atoms with Crippen molar-refractivity contribution in [1.29, 1.82) is 0 Å². The van der Waals surface area contributed by atoms with Crippen LogP contribution < -0.4 is 0 Å². The number of benzene rings is 2. The SMILES string of the molecule is O=C(OCc1ccccc1)N1C[C@@H](O)[C@H](N2CCN(Cc3ccc(Cl)cc3)CC2)C1. The van der Waals surface area contributed by atoms with E-state index in [-0.39, 0.29) is 18.7 Å². The van der Waals surface area contributed by atoms with Gasteiger partial charge in [-0.2, -0.15) is 0 Å². The van der Waals surface area contributed by atoms with Crippen LogP contribution in [0, 0.1) is 0 Å². The Labute approximate surface area is 182 Å². The van der Waals surface area contributed by atoms with Gasteiger partial charge in [-0.1, -0.05) is 54.1 Å². The lowest BCUT2D eigenvalue weighted by Crippen LogP contribution is -2.53. The van der Waals surface area contributed by atoms with Gasteiger partial charge >= 0.3 is 6.09 Å². The summed E-state index contributed by atoms with van der Waals surface area (Å²) in [5, 5.41) is 11.3. The highest BCUT2D eigenvalue weighted by Gasteiger charge is 2.39. The van der Waals surface area contributed by atoms with Crippen LogP contribution in [0.5, 0.6) is 0 Å². The van der Waals surface area contributed by atoms with Gasteiger partial charge in [0.2, 0.25) is 0 Å². The molecule has 2 fully saturated rings. The maximum Gasteiger partial charge on any atom is 0.410 e. The van der Waals surface area contributed by atoms with Gasteiger partial charge in [-0.15, -0.1) is 0 Å². The maximum atomic E-state index is 12.4. The quantitative estimate of drug-likeness (QED) is 0.792. The number of likely N-dealkylation sites (tertiary alicyclic amines) is 1. The molecule has 30 heavy (non-hydrogen) atoms. The number of ether oxygens (including phenoxy) is 1. The number of carbonyl (C=O) groups is 1. The number of rotatable bonds is 5. The summed E-state index contributed by atoms with van der Waals surface area (Å²) in [6.45, 7) is 5.60. The van der Waals surface area contributed by atoms with Crippen LogP contribution in [-0.4, -0.2) is 77.3 Å². The zero-order chi connectivity index (χ0) is 20.9. The third-order valence-electron chi connectivity index (χ3n) is 5.92. The number of halogens is 1. The van der Waals surface area contributed by atoms with Crippen molar-refractivity contribution < 1.29 is 14.6 Å². The van der Waals surface area contributed by atoms with Gasteiger partial charge in [-0.3, -0.25) is 9.80 Å². The molecule has 2 saturated heterocycles. The van der Waals surface area contributed by atoms with E-state index in [2.05, 4.69) is 21.9 Å². The summed E-state index contributed by atoms with van der Waals surface area (Å²) in [6, 6.07) is 17.6. The van der Waals surface area contributed by atoms with E-state index in [1.807, 2.05) is 42.5 Å². The number of aliphatic hydroxyl groups excluding tert-OH is 1. The summed E-state index contributed by atoms with van der Waals surface area (Å²) in [5.74, 6) is 0. The third-order valence-corrected chi connectivity index (χ3v) is 6.17. The fraction of sp³-hybridized carbons (Fsp3) is 0.435. The van der Waals surface area contributed by atoms with Crippen molar-refractivity contribution in [2.75, 3.05) is 39.3 Å². The summed E-state index contributed by atoms with van der Waals surface area (Å²) >= 11 is 5.96. The number of hydrogen-bond donors (Lipinski definition) is 1. The molecule has 2 atom stereocenters. The summed E-state index contributed by atoms with van der Waals surface area (Å²) in [6.07, 6.45) is -0.904. The molecule has 2 heterocycles. The van der Waals surface area contributed by atoms with Crippen LogP contribution in [0.4, 0.5) is 4.79 Å². The van der Waals surface area contributed by atoms with Gasteiger partial charge < -0.3 is 14.7 Å². The number of carbonyl (C=O) groups excluding carboxylic acids is 1. The van der Waals surface area contributed by atoms with E-state index in [0.29, 0.717) is 13.1 Å². The molecule has 0 radical (unpaired) electrons. The van der Waals surface area contributed by atoms with E-state index in [9.17, 15) is 9.90 Å². The number of piperazine rings is 1. The van der Waals surface area contributed by atoms with Crippen molar-refractivity contribution in [1.82, 2.24) is 14.7 Å². The van der Waals surface area contributed by atoms with Gasteiger partial charge in [0.05, 0.1) is 18.7 Å². The minimum absolute atomic E-state index is 0.0352. The molecule has 0 saturated carbocycles. The van der Waals surface area contributed by atoms with E-state index in [0.717, 1.165) is 43.3 Å². The van der Waals surface area contributed by atoms with Crippen molar-refractivity contribution >= 4 is 17.7 Å². The highest BCUT2D eigenvalue weighted by Crippen LogP contribution is 2.20. The van der Waals surface area contributed by atoms with Crippen LogP contribution in [0.1, 0.15) is 11.1 Å². The van der Waals surface area contributed by atoms with Crippen molar-refractivity contribution in [3.05, 3.63) is 70.7 Å². The minimum atomic E-state index is -0.544. The molecule has 1 N–H and O–H groups in total. The van der Waals surface area contributed by atoms with Crippen LogP contribution >= 0.6 is 11.6 Å². The predicted octanol–water partition coefficient (Wildman–Crippen LogP) is 2.84. The van der Waals surface area contributed by atoms with Crippen molar-refractivity contribution in [2.24, 2.45) is 0 Å². The van der Waals surface area contributed by atoms with E-state index in [4.69, 9.17) is 16.3 Å². The van der Waals surface area contributed by atoms with Gasteiger partial charge in [0.25, 0.3) is 0 Å². The number of nitrogens with zero attached hydrogens (tertiary/aromatic N) is 3. The second kappa shape index (κ2) is 9.79. The first kappa shape index (κ1) is 21.1. The average molecular weight is 430 g/mol. The van der Waals surface area contributed by atoms with Crippen LogP contribution in [0.25, 0.3) is 0 Å². The molecule has 0 spiro atoms. The Morgan fingerprint density at radius 3 is 2.37 bits per heavy atom. The largest absolute Gasteiger partial charge is 0.445 e. The number of aliphatic hydroxyl groups is 1.